The Morgan fingerprint density at radius 1 is 1.15 bits per heavy atom. The molecule has 0 unspecified atom stereocenters. The average molecular weight is 448 g/mol. The number of hydrogen-bond acceptors (Lipinski definition) is 5. The summed E-state index contributed by atoms with van der Waals surface area (Å²) >= 11 is 0. The molecule has 5 heteroatoms. The van der Waals surface area contributed by atoms with Gasteiger partial charge >= 0.3 is 0 Å². The van der Waals surface area contributed by atoms with Gasteiger partial charge in [0, 0.05) is 31.2 Å². The van der Waals surface area contributed by atoms with Crippen LogP contribution in [0.15, 0.2) is 42.5 Å². The lowest BCUT2D eigenvalue weighted by Gasteiger charge is -2.66. The largest absolute Gasteiger partial charge is 0.493 e. The van der Waals surface area contributed by atoms with Crippen LogP contribution in [0.3, 0.4) is 0 Å². The van der Waals surface area contributed by atoms with E-state index in [9.17, 15) is 4.79 Å². The molecule has 4 aliphatic rings. The van der Waals surface area contributed by atoms with Crippen LogP contribution in [0.5, 0.6) is 11.5 Å². The van der Waals surface area contributed by atoms with Crippen LogP contribution in [0.2, 0.25) is 0 Å². The van der Waals surface area contributed by atoms with E-state index in [1.807, 2.05) is 13.0 Å². The van der Waals surface area contributed by atoms with E-state index in [2.05, 4.69) is 48.2 Å². The molecule has 0 N–H and O–H groups in total. The fraction of sp³-hybridized carbons (Fsp3) is 0.536. The second-order valence-electron chi connectivity index (χ2n) is 10.2. The second-order valence-corrected chi connectivity index (χ2v) is 10.2. The lowest BCUT2D eigenvalue weighted by Crippen LogP contribution is -2.80. The van der Waals surface area contributed by atoms with Crippen molar-refractivity contribution in [3.8, 4) is 11.5 Å². The van der Waals surface area contributed by atoms with Gasteiger partial charge < -0.3 is 14.2 Å². The molecular formula is C28H33NO4. The quantitative estimate of drug-likeness (QED) is 0.667. The van der Waals surface area contributed by atoms with Crippen LogP contribution in [0.1, 0.15) is 49.8 Å². The lowest BCUT2D eigenvalue weighted by molar-refractivity contribution is -0.229. The molecule has 33 heavy (non-hydrogen) atoms. The standard InChI is InChI=1S/C28H33NO4/c1-4-32-28-14-12-23(30)26(2)27(28)15-17-29(16-13-19-8-6-5-7-9-19)22(28)18-20-10-11-21(31-3)25(33-26)24(20)27/h5-11,22H,4,12-18H2,1-3H3/t22-,26+,27+,28-/m1/s1. The van der Waals surface area contributed by atoms with E-state index in [1.165, 1.54) is 16.7 Å². The number of ketones is 1. The highest BCUT2D eigenvalue weighted by Gasteiger charge is 2.78. The molecule has 2 aliphatic carbocycles. The van der Waals surface area contributed by atoms with Crippen LogP contribution in [0.25, 0.3) is 0 Å². The molecule has 2 aromatic carbocycles. The van der Waals surface area contributed by atoms with E-state index in [-0.39, 0.29) is 11.8 Å². The molecule has 1 saturated carbocycles. The van der Waals surface area contributed by atoms with Crippen molar-refractivity contribution >= 4 is 5.78 Å². The van der Waals surface area contributed by atoms with E-state index in [0.717, 1.165) is 50.3 Å². The molecule has 2 heterocycles. The number of carbonyl (C=O) groups is 1. The lowest BCUT2D eigenvalue weighted by atomic mass is 9.45. The first-order valence-corrected chi connectivity index (χ1v) is 12.4. The van der Waals surface area contributed by atoms with Crippen LogP contribution < -0.4 is 9.47 Å². The maximum absolute atomic E-state index is 13.5. The first-order valence-electron chi connectivity index (χ1n) is 12.4. The van der Waals surface area contributed by atoms with E-state index < -0.39 is 16.6 Å². The van der Waals surface area contributed by atoms with E-state index in [0.29, 0.717) is 13.0 Å². The van der Waals surface area contributed by atoms with Gasteiger partial charge in [0.15, 0.2) is 22.9 Å². The van der Waals surface area contributed by atoms with Gasteiger partial charge in [0.05, 0.1) is 18.1 Å². The summed E-state index contributed by atoms with van der Waals surface area (Å²) in [6.45, 7) is 6.66. The number of benzene rings is 2. The highest BCUT2D eigenvalue weighted by molar-refractivity contribution is 5.94. The van der Waals surface area contributed by atoms with Crippen molar-refractivity contribution in [2.24, 2.45) is 0 Å². The summed E-state index contributed by atoms with van der Waals surface area (Å²) in [4.78, 5) is 16.2. The molecule has 0 aromatic heterocycles. The minimum atomic E-state index is -0.920. The summed E-state index contributed by atoms with van der Waals surface area (Å²) in [5, 5.41) is 0. The topological polar surface area (TPSA) is 48.0 Å². The van der Waals surface area contributed by atoms with Gasteiger partial charge in [-0.15, -0.1) is 0 Å². The van der Waals surface area contributed by atoms with Crippen molar-refractivity contribution < 1.29 is 19.0 Å². The summed E-state index contributed by atoms with van der Waals surface area (Å²) in [5.41, 5.74) is 2.00. The SMILES string of the molecule is CCO[C@@]12CCC(=O)[C@]3(C)Oc4c(OC)ccc5c4[C@@]31CCN(CCc1ccccc1)[C@@H]2C5. The Bertz CT molecular complexity index is 1100. The monoisotopic (exact) mass is 447 g/mol. The van der Waals surface area contributed by atoms with Gasteiger partial charge in [0.1, 0.15) is 0 Å². The summed E-state index contributed by atoms with van der Waals surface area (Å²) in [6.07, 6.45) is 4.03. The van der Waals surface area contributed by atoms with Crippen molar-refractivity contribution in [2.75, 3.05) is 26.8 Å². The highest BCUT2D eigenvalue weighted by atomic mass is 16.5. The Morgan fingerprint density at radius 2 is 1.97 bits per heavy atom. The van der Waals surface area contributed by atoms with Crippen molar-refractivity contribution in [1.82, 2.24) is 4.90 Å². The molecule has 6 rings (SSSR count). The van der Waals surface area contributed by atoms with Gasteiger partial charge in [-0.1, -0.05) is 36.4 Å². The molecule has 1 saturated heterocycles. The number of rotatable bonds is 6. The number of hydrogen-bond donors (Lipinski definition) is 0. The average Bonchev–Trinajstić information content (AvgIpc) is 3.11. The molecule has 2 aliphatic heterocycles. The number of Topliss-reactive ketones (excluding diaryl/α,β-unsaturated/α-hetero) is 1. The maximum atomic E-state index is 13.5. The third-order valence-corrected chi connectivity index (χ3v) is 9.05. The van der Waals surface area contributed by atoms with Crippen molar-refractivity contribution in [1.29, 1.82) is 0 Å². The van der Waals surface area contributed by atoms with Crippen LogP contribution in [-0.2, 0) is 27.8 Å². The van der Waals surface area contributed by atoms with Crippen molar-refractivity contribution in [3.63, 3.8) is 0 Å². The molecule has 5 nitrogen and oxygen atoms in total. The Hall–Kier alpha value is -2.37. The van der Waals surface area contributed by atoms with Crippen LogP contribution in [-0.4, -0.2) is 54.7 Å². The fourth-order valence-electron chi connectivity index (χ4n) is 7.72. The van der Waals surface area contributed by atoms with Gasteiger partial charge in [-0.25, -0.2) is 0 Å². The molecule has 4 atom stereocenters. The number of ether oxygens (including phenoxy) is 3. The van der Waals surface area contributed by atoms with E-state index in [4.69, 9.17) is 14.2 Å². The predicted molar refractivity (Wildman–Crippen MR) is 126 cm³/mol. The zero-order chi connectivity index (χ0) is 22.8. The smallest absolute Gasteiger partial charge is 0.177 e. The highest BCUT2D eigenvalue weighted by Crippen LogP contribution is 2.69. The third-order valence-electron chi connectivity index (χ3n) is 9.05. The predicted octanol–water partition coefficient (Wildman–Crippen LogP) is 4.10. The Labute approximate surface area is 196 Å². The van der Waals surface area contributed by atoms with Crippen molar-refractivity contribution in [3.05, 3.63) is 59.2 Å². The van der Waals surface area contributed by atoms with Crippen LogP contribution >= 0.6 is 0 Å². The van der Waals surface area contributed by atoms with E-state index in [1.54, 1.807) is 7.11 Å². The molecular weight excluding hydrogens is 414 g/mol. The molecule has 0 radical (unpaired) electrons. The minimum Gasteiger partial charge on any atom is -0.493 e. The van der Waals surface area contributed by atoms with Gasteiger partial charge in [-0.2, -0.15) is 0 Å². The molecule has 2 fully saturated rings. The van der Waals surface area contributed by atoms with Crippen molar-refractivity contribution in [2.45, 2.75) is 68.6 Å². The Balaban J connectivity index is 1.50. The molecule has 0 amide bonds. The normalized spacial score (nSPS) is 34.0. The van der Waals surface area contributed by atoms with Gasteiger partial charge in [0.2, 0.25) is 0 Å². The number of piperidine rings is 1. The van der Waals surface area contributed by atoms with Crippen LogP contribution in [0.4, 0.5) is 0 Å². The number of nitrogens with zero attached hydrogens (tertiary/aromatic N) is 1. The summed E-state index contributed by atoms with van der Waals surface area (Å²) in [7, 11) is 1.68. The molecule has 2 bridgehead atoms. The first-order chi connectivity index (χ1) is 16.0. The number of likely N-dealkylation sites (tertiary alicyclic amines) is 1. The fourth-order valence-corrected chi connectivity index (χ4v) is 7.72. The Kier molecular flexibility index (Phi) is 4.69. The van der Waals surface area contributed by atoms with E-state index >= 15 is 0 Å². The minimum absolute atomic E-state index is 0.195. The molecule has 174 valence electrons. The zero-order valence-electron chi connectivity index (χ0n) is 19.9. The van der Waals surface area contributed by atoms with Gasteiger partial charge in [-0.05, 0) is 63.3 Å². The Morgan fingerprint density at radius 3 is 2.73 bits per heavy atom. The van der Waals surface area contributed by atoms with Gasteiger partial charge in [-0.3, -0.25) is 9.69 Å². The number of carbonyl (C=O) groups excluding carboxylic acids is 1. The second kappa shape index (κ2) is 7.31. The summed E-state index contributed by atoms with van der Waals surface area (Å²) in [5.74, 6) is 1.69. The summed E-state index contributed by atoms with van der Waals surface area (Å²) < 4.78 is 19.2. The third kappa shape index (κ3) is 2.53. The maximum Gasteiger partial charge on any atom is 0.177 e. The summed E-state index contributed by atoms with van der Waals surface area (Å²) in [6, 6.07) is 15.1. The zero-order valence-corrected chi connectivity index (χ0v) is 19.9. The number of methoxy groups -OCH3 is 1. The first kappa shape index (κ1) is 21.2. The molecule has 2 aromatic rings. The van der Waals surface area contributed by atoms with Gasteiger partial charge in [0.25, 0.3) is 0 Å². The van der Waals surface area contributed by atoms with Crippen LogP contribution in [0, 0.1) is 0 Å². The molecule has 1 spiro atoms.